The van der Waals surface area contributed by atoms with Gasteiger partial charge in [-0.1, -0.05) is 6.07 Å². The van der Waals surface area contributed by atoms with Crippen LogP contribution in [0, 0.1) is 0 Å². The van der Waals surface area contributed by atoms with Gasteiger partial charge in [-0.05, 0) is 18.2 Å². The summed E-state index contributed by atoms with van der Waals surface area (Å²) in [5.74, 6) is 1.84. The van der Waals surface area contributed by atoms with Crippen LogP contribution in [-0.4, -0.2) is 37.0 Å². The SMILES string of the molecule is COC(=O)C(N)CCSCc1cccnc1OC. The van der Waals surface area contributed by atoms with E-state index in [1.54, 1.807) is 25.1 Å². The lowest BCUT2D eigenvalue weighted by atomic mass is 10.2. The molecule has 0 saturated carbocycles. The summed E-state index contributed by atoms with van der Waals surface area (Å²) in [7, 11) is 2.94. The molecule has 0 aliphatic rings. The summed E-state index contributed by atoms with van der Waals surface area (Å²) in [6.07, 6.45) is 2.29. The molecular formula is C12H18N2O3S. The molecule has 0 saturated heterocycles. The molecule has 5 nitrogen and oxygen atoms in total. The van der Waals surface area contributed by atoms with Gasteiger partial charge in [0.15, 0.2) is 0 Å². The van der Waals surface area contributed by atoms with Crippen LogP contribution in [0.5, 0.6) is 5.88 Å². The van der Waals surface area contributed by atoms with Crippen molar-refractivity contribution >= 4 is 17.7 Å². The lowest BCUT2D eigenvalue weighted by Gasteiger charge is -2.09. The number of nitrogens with two attached hydrogens (primary N) is 1. The first-order valence-corrected chi connectivity index (χ1v) is 6.73. The first-order chi connectivity index (χ1) is 8.69. The van der Waals surface area contributed by atoms with Gasteiger partial charge in [-0.2, -0.15) is 11.8 Å². The normalized spacial score (nSPS) is 11.9. The number of carbonyl (C=O) groups is 1. The van der Waals surface area contributed by atoms with Crippen molar-refractivity contribution in [3.63, 3.8) is 0 Å². The summed E-state index contributed by atoms with van der Waals surface area (Å²) in [6.45, 7) is 0. The maximum atomic E-state index is 11.1. The average molecular weight is 270 g/mol. The third-order valence-corrected chi connectivity index (χ3v) is 3.42. The van der Waals surface area contributed by atoms with Crippen molar-refractivity contribution in [2.75, 3.05) is 20.0 Å². The number of rotatable bonds is 7. The van der Waals surface area contributed by atoms with Gasteiger partial charge in [0, 0.05) is 17.5 Å². The highest BCUT2D eigenvalue weighted by molar-refractivity contribution is 7.98. The summed E-state index contributed by atoms with van der Waals surface area (Å²) >= 11 is 1.68. The predicted molar refractivity (Wildman–Crippen MR) is 71.6 cm³/mol. The van der Waals surface area contributed by atoms with Crippen molar-refractivity contribution in [1.29, 1.82) is 0 Å². The molecule has 1 rings (SSSR count). The fraction of sp³-hybridized carbons (Fsp3) is 0.500. The molecule has 0 amide bonds. The molecule has 1 unspecified atom stereocenters. The Balaban J connectivity index is 2.31. The highest BCUT2D eigenvalue weighted by Crippen LogP contribution is 2.20. The van der Waals surface area contributed by atoms with Crippen LogP contribution in [0.1, 0.15) is 12.0 Å². The van der Waals surface area contributed by atoms with Gasteiger partial charge in [0.05, 0.1) is 14.2 Å². The van der Waals surface area contributed by atoms with Gasteiger partial charge in [0.25, 0.3) is 0 Å². The molecule has 1 atom stereocenters. The minimum Gasteiger partial charge on any atom is -0.481 e. The molecule has 0 aliphatic heterocycles. The molecule has 100 valence electrons. The van der Waals surface area contributed by atoms with E-state index in [4.69, 9.17) is 10.5 Å². The molecule has 1 heterocycles. The number of nitrogens with zero attached hydrogens (tertiary/aromatic N) is 1. The van der Waals surface area contributed by atoms with Gasteiger partial charge in [-0.15, -0.1) is 0 Å². The van der Waals surface area contributed by atoms with Crippen LogP contribution < -0.4 is 10.5 Å². The Morgan fingerprint density at radius 3 is 3.00 bits per heavy atom. The minimum absolute atomic E-state index is 0.366. The lowest BCUT2D eigenvalue weighted by molar-refractivity contribution is -0.142. The quantitative estimate of drug-likeness (QED) is 0.593. The molecule has 0 radical (unpaired) electrons. The number of ether oxygens (including phenoxy) is 2. The van der Waals surface area contributed by atoms with E-state index in [1.165, 1.54) is 7.11 Å². The van der Waals surface area contributed by atoms with Gasteiger partial charge < -0.3 is 15.2 Å². The summed E-state index contributed by atoms with van der Waals surface area (Å²) in [4.78, 5) is 15.2. The Morgan fingerprint density at radius 2 is 2.33 bits per heavy atom. The first kappa shape index (κ1) is 14.8. The van der Waals surface area contributed by atoms with Gasteiger partial charge in [-0.3, -0.25) is 4.79 Å². The molecular weight excluding hydrogens is 252 g/mol. The molecule has 0 spiro atoms. The summed E-state index contributed by atoms with van der Waals surface area (Å²) in [5, 5.41) is 0. The highest BCUT2D eigenvalue weighted by atomic mass is 32.2. The second-order valence-corrected chi connectivity index (χ2v) is 4.75. The average Bonchev–Trinajstić information content (AvgIpc) is 2.42. The van der Waals surface area contributed by atoms with Crippen LogP contribution in [0.25, 0.3) is 0 Å². The number of esters is 1. The molecule has 0 aromatic carbocycles. The fourth-order valence-electron chi connectivity index (χ4n) is 1.38. The Kier molecular flexibility index (Phi) is 6.53. The van der Waals surface area contributed by atoms with Crippen molar-refractivity contribution in [3.8, 4) is 5.88 Å². The molecule has 2 N–H and O–H groups in total. The third kappa shape index (κ3) is 4.54. The van der Waals surface area contributed by atoms with E-state index in [0.29, 0.717) is 12.3 Å². The summed E-state index contributed by atoms with van der Waals surface area (Å²) < 4.78 is 9.72. The second-order valence-electron chi connectivity index (χ2n) is 3.64. The number of hydrogen-bond acceptors (Lipinski definition) is 6. The largest absolute Gasteiger partial charge is 0.481 e. The maximum absolute atomic E-state index is 11.1. The molecule has 1 aromatic rings. The van der Waals surface area contributed by atoms with Crippen molar-refractivity contribution in [2.45, 2.75) is 18.2 Å². The number of hydrogen-bond donors (Lipinski definition) is 1. The standard InChI is InChI=1S/C12H18N2O3S/c1-16-11-9(4-3-6-14-11)8-18-7-5-10(13)12(15)17-2/h3-4,6,10H,5,7-8,13H2,1-2H3. The number of pyridine rings is 1. The summed E-state index contributed by atoms with van der Waals surface area (Å²) in [6, 6.07) is 3.30. The predicted octanol–water partition coefficient (Wildman–Crippen LogP) is 1.21. The van der Waals surface area contributed by atoms with Crippen LogP contribution in [0.2, 0.25) is 0 Å². The van der Waals surface area contributed by atoms with Gasteiger partial charge in [-0.25, -0.2) is 4.98 Å². The van der Waals surface area contributed by atoms with Crippen molar-refractivity contribution in [2.24, 2.45) is 5.73 Å². The number of thioether (sulfide) groups is 1. The lowest BCUT2D eigenvalue weighted by Crippen LogP contribution is -2.31. The van der Waals surface area contributed by atoms with Gasteiger partial charge in [0.1, 0.15) is 6.04 Å². The van der Waals surface area contributed by atoms with Crippen molar-refractivity contribution < 1.29 is 14.3 Å². The number of methoxy groups -OCH3 is 2. The van der Waals surface area contributed by atoms with Crippen LogP contribution in [0.3, 0.4) is 0 Å². The Labute approximate surface area is 111 Å². The van der Waals surface area contributed by atoms with Crippen LogP contribution in [0.15, 0.2) is 18.3 Å². The minimum atomic E-state index is -0.543. The Hall–Kier alpha value is -1.27. The van der Waals surface area contributed by atoms with Gasteiger partial charge in [0.2, 0.25) is 5.88 Å². The zero-order valence-electron chi connectivity index (χ0n) is 10.6. The van der Waals surface area contributed by atoms with E-state index >= 15 is 0 Å². The van der Waals surface area contributed by atoms with E-state index in [0.717, 1.165) is 17.1 Å². The third-order valence-electron chi connectivity index (χ3n) is 2.38. The molecule has 1 aromatic heterocycles. The number of carbonyl (C=O) groups excluding carboxylic acids is 1. The molecule has 18 heavy (non-hydrogen) atoms. The van der Waals surface area contributed by atoms with Crippen molar-refractivity contribution in [3.05, 3.63) is 23.9 Å². The molecule has 0 aliphatic carbocycles. The number of aromatic nitrogens is 1. The fourth-order valence-corrected chi connectivity index (χ4v) is 2.38. The van der Waals surface area contributed by atoms with E-state index in [9.17, 15) is 4.79 Å². The molecule has 0 bridgehead atoms. The topological polar surface area (TPSA) is 74.4 Å². The van der Waals surface area contributed by atoms with Crippen LogP contribution >= 0.6 is 11.8 Å². The van der Waals surface area contributed by atoms with Gasteiger partial charge >= 0.3 is 5.97 Å². The molecule has 6 heteroatoms. The van der Waals surface area contributed by atoms with E-state index in [-0.39, 0.29) is 5.97 Å². The maximum Gasteiger partial charge on any atom is 0.322 e. The van der Waals surface area contributed by atoms with Crippen LogP contribution in [0.4, 0.5) is 0 Å². The van der Waals surface area contributed by atoms with E-state index in [1.807, 2.05) is 12.1 Å². The zero-order chi connectivity index (χ0) is 13.4. The summed E-state index contributed by atoms with van der Waals surface area (Å²) in [5.41, 5.74) is 6.68. The first-order valence-electron chi connectivity index (χ1n) is 5.58. The Morgan fingerprint density at radius 1 is 1.56 bits per heavy atom. The molecule has 0 fully saturated rings. The highest BCUT2D eigenvalue weighted by Gasteiger charge is 2.13. The van der Waals surface area contributed by atoms with Crippen molar-refractivity contribution in [1.82, 2.24) is 4.98 Å². The van der Waals surface area contributed by atoms with E-state index < -0.39 is 6.04 Å². The Bertz CT molecular complexity index is 387. The second kappa shape index (κ2) is 7.94. The monoisotopic (exact) mass is 270 g/mol. The smallest absolute Gasteiger partial charge is 0.322 e. The zero-order valence-corrected chi connectivity index (χ0v) is 11.4. The van der Waals surface area contributed by atoms with E-state index in [2.05, 4.69) is 9.72 Å². The van der Waals surface area contributed by atoms with Crippen LogP contribution in [-0.2, 0) is 15.3 Å².